The second kappa shape index (κ2) is 5.13. The molecule has 2 aromatic rings. The summed E-state index contributed by atoms with van der Waals surface area (Å²) in [6.45, 7) is 8.24. The number of azo groups is 1. The molecule has 0 saturated heterocycles. The first-order valence-corrected chi connectivity index (χ1v) is 6.13. The molecule has 0 radical (unpaired) electrons. The van der Waals surface area contributed by atoms with E-state index in [2.05, 4.69) is 68.3 Å². The van der Waals surface area contributed by atoms with Crippen LogP contribution >= 0.6 is 0 Å². The lowest BCUT2D eigenvalue weighted by molar-refractivity contribution is 1.17. The van der Waals surface area contributed by atoms with E-state index in [1.807, 2.05) is 6.07 Å². The molecule has 0 atom stereocenters. The highest BCUT2D eigenvalue weighted by Gasteiger charge is 2.01. The molecule has 18 heavy (non-hydrogen) atoms. The first-order chi connectivity index (χ1) is 8.58. The van der Waals surface area contributed by atoms with Gasteiger partial charge < -0.3 is 0 Å². The Morgan fingerprint density at radius 1 is 0.722 bits per heavy atom. The fourth-order valence-corrected chi connectivity index (χ4v) is 1.89. The van der Waals surface area contributed by atoms with Crippen LogP contribution in [-0.4, -0.2) is 0 Å². The Morgan fingerprint density at radius 2 is 1.39 bits per heavy atom. The topological polar surface area (TPSA) is 24.7 Å². The third-order valence-corrected chi connectivity index (χ3v) is 3.06. The Bertz CT molecular complexity index is 578. The van der Waals surface area contributed by atoms with Crippen LogP contribution in [0.25, 0.3) is 0 Å². The maximum Gasteiger partial charge on any atom is 0.0915 e. The number of benzene rings is 2. The molecule has 2 heteroatoms. The van der Waals surface area contributed by atoms with E-state index in [-0.39, 0.29) is 0 Å². The standard InChI is InChI=1S/C16H18N2/c1-11-8-9-12(2)15(10-11)17-18-16-13(3)6-5-7-14(16)4/h5-10H,1-4H3. The van der Waals surface area contributed by atoms with E-state index in [4.69, 9.17) is 0 Å². The van der Waals surface area contributed by atoms with Gasteiger partial charge in [0.15, 0.2) is 0 Å². The van der Waals surface area contributed by atoms with E-state index in [0.717, 1.165) is 28.1 Å². The first kappa shape index (κ1) is 12.5. The second-order valence-corrected chi connectivity index (χ2v) is 4.73. The van der Waals surface area contributed by atoms with Crippen LogP contribution in [0.1, 0.15) is 22.3 Å². The number of nitrogens with zero attached hydrogens (tertiary/aromatic N) is 2. The molecule has 2 rings (SSSR count). The largest absolute Gasteiger partial charge is 0.150 e. The van der Waals surface area contributed by atoms with Crippen molar-refractivity contribution in [3.05, 3.63) is 58.7 Å². The summed E-state index contributed by atoms with van der Waals surface area (Å²) in [5.74, 6) is 0. The lowest BCUT2D eigenvalue weighted by Crippen LogP contribution is -1.79. The van der Waals surface area contributed by atoms with E-state index in [9.17, 15) is 0 Å². The van der Waals surface area contributed by atoms with Crippen LogP contribution < -0.4 is 0 Å². The van der Waals surface area contributed by atoms with Crippen LogP contribution in [0.5, 0.6) is 0 Å². The van der Waals surface area contributed by atoms with E-state index in [0.29, 0.717) is 0 Å². The van der Waals surface area contributed by atoms with Crippen LogP contribution in [0, 0.1) is 27.7 Å². The van der Waals surface area contributed by atoms with E-state index < -0.39 is 0 Å². The fraction of sp³-hybridized carbons (Fsp3) is 0.250. The van der Waals surface area contributed by atoms with Gasteiger partial charge in [0, 0.05) is 0 Å². The summed E-state index contributed by atoms with van der Waals surface area (Å²) in [6.07, 6.45) is 0. The summed E-state index contributed by atoms with van der Waals surface area (Å²) in [7, 11) is 0. The average Bonchev–Trinajstić information content (AvgIpc) is 2.33. The van der Waals surface area contributed by atoms with Gasteiger partial charge in [-0.2, -0.15) is 10.2 Å². The van der Waals surface area contributed by atoms with Crippen molar-refractivity contribution < 1.29 is 0 Å². The fourth-order valence-electron chi connectivity index (χ4n) is 1.89. The molecular formula is C16H18N2. The molecule has 2 aromatic carbocycles. The quantitative estimate of drug-likeness (QED) is 0.631. The minimum absolute atomic E-state index is 0.942. The molecule has 0 bridgehead atoms. The van der Waals surface area contributed by atoms with Gasteiger partial charge in [-0.3, -0.25) is 0 Å². The van der Waals surface area contributed by atoms with Crippen LogP contribution in [0.15, 0.2) is 46.6 Å². The minimum Gasteiger partial charge on any atom is -0.150 e. The van der Waals surface area contributed by atoms with Gasteiger partial charge in [0.05, 0.1) is 11.4 Å². The van der Waals surface area contributed by atoms with E-state index >= 15 is 0 Å². The lowest BCUT2D eigenvalue weighted by atomic mass is 10.1. The van der Waals surface area contributed by atoms with E-state index in [1.54, 1.807) is 0 Å². The number of hydrogen-bond donors (Lipinski definition) is 0. The van der Waals surface area contributed by atoms with Gasteiger partial charge in [-0.25, -0.2) is 0 Å². The van der Waals surface area contributed by atoms with Crippen molar-refractivity contribution in [2.75, 3.05) is 0 Å². The molecule has 0 aliphatic heterocycles. The van der Waals surface area contributed by atoms with E-state index in [1.165, 1.54) is 5.56 Å². The minimum atomic E-state index is 0.942. The summed E-state index contributed by atoms with van der Waals surface area (Å²) < 4.78 is 0. The summed E-state index contributed by atoms with van der Waals surface area (Å²) in [5, 5.41) is 8.79. The van der Waals surface area contributed by atoms with Crippen molar-refractivity contribution in [3.63, 3.8) is 0 Å². The van der Waals surface area contributed by atoms with Gasteiger partial charge in [0.1, 0.15) is 0 Å². The Hall–Kier alpha value is -1.96. The molecular weight excluding hydrogens is 220 g/mol. The van der Waals surface area contributed by atoms with Crippen molar-refractivity contribution in [1.29, 1.82) is 0 Å². The molecule has 0 unspecified atom stereocenters. The van der Waals surface area contributed by atoms with Crippen LogP contribution in [0.4, 0.5) is 11.4 Å². The normalized spacial score (nSPS) is 11.1. The van der Waals surface area contributed by atoms with Gasteiger partial charge in [0.2, 0.25) is 0 Å². The molecule has 0 N–H and O–H groups in total. The van der Waals surface area contributed by atoms with Crippen molar-refractivity contribution in [2.24, 2.45) is 10.2 Å². The molecule has 0 aliphatic rings. The highest BCUT2D eigenvalue weighted by Crippen LogP contribution is 2.27. The van der Waals surface area contributed by atoms with Gasteiger partial charge in [-0.15, -0.1) is 0 Å². The van der Waals surface area contributed by atoms with Gasteiger partial charge in [-0.05, 0) is 56.0 Å². The molecule has 0 aliphatic carbocycles. The van der Waals surface area contributed by atoms with Gasteiger partial charge >= 0.3 is 0 Å². The number of rotatable bonds is 2. The van der Waals surface area contributed by atoms with Crippen LogP contribution in [0.2, 0.25) is 0 Å². The van der Waals surface area contributed by atoms with Crippen molar-refractivity contribution in [1.82, 2.24) is 0 Å². The Kier molecular flexibility index (Phi) is 3.56. The van der Waals surface area contributed by atoms with Crippen molar-refractivity contribution >= 4 is 11.4 Å². The Balaban J connectivity index is 2.39. The zero-order chi connectivity index (χ0) is 13.1. The maximum absolute atomic E-state index is 4.40. The Labute approximate surface area is 108 Å². The van der Waals surface area contributed by atoms with Crippen LogP contribution in [0.3, 0.4) is 0 Å². The third kappa shape index (κ3) is 2.65. The van der Waals surface area contributed by atoms with Crippen molar-refractivity contribution in [3.8, 4) is 0 Å². The zero-order valence-electron chi connectivity index (χ0n) is 11.4. The first-order valence-electron chi connectivity index (χ1n) is 6.13. The zero-order valence-corrected chi connectivity index (χ0v) is 11.4. The summed E-state index contributed by atoms with van der Waals surface area (Å²) in [6, 6.07) is 12.4. The van der Waals surface area contributed by atoms with Crippen LogP contribution in [-0.2, 0) is 0 Å². The average molecular weight is 238 g/mol. The SMILES string of the molecule is Cc1ccc(C)c(N=Nc2c(C)cccc2C)c1. The molecule has 0 saturated carbocycles. The number of hydrogen-bond acceptors (Lipinski definition) is 2. The molecule has 92 valence electrons. The summed E-state index contributed by atoms with van der Waals surface area (Å²) >= 11 is 0. The molecule has 0 amide bonds. The summed E-state index contributed by atoms with van der Waals surface area (Å²) in [4.78, 5) is 0. The molecule has 2 nitrogen and oxygen atoms in total. The summed E-state index contributed by atoms with van der Waals surface area (Å²) in [5.41, 5.74) is 6.58. The second-order valence-electron chi connectivity index (χ2n) is 4.73. The molecule has 0 aromatic heterocycles. The molecule has 0 heterocycles. The highest BCUT2D eigenvalue weighted by molar-refractivity contribution is 5.53. The third-order valence-electron chi connectivity index (χ3n) is 3.06. The predicted molar refractivity (Wildman–Crippen MR) is 76.0 cm³/mol. The monoisotopic (exact) mass is 238 g/mol. The Morgan fingerprint density at radius 3 is 2.06 bits per heavy atom. The predicted octanol–water partition coefficient (Wildman–Crippen LogP) is 5.34. The maximum atomic E-state index is 4.40. The van der Waals surface area contributed by atoms with Gasteiger partial charge in [0.25, 0.3) is 0 Å². The van der Waals surface area contributed by atoms with Gasteiger partial charge in [-0.1, -0.05) is 30.3 Å². The van der Waals surface area contributed by atoms with Crippen molar-refractivity contribution in [2.45, 2.75) is 27.7 Å². The molecule has 0 spiro atoms. The highest BCUT2D eigenvalue weighted by atomic mass is 15.1. The number of aryl methyl sites for hydroxylation is 4. The molecule has 0 fully saturated rings. The smallest absolute Gasteiger partial charge is 0.0915 e. The lowest BCUT2D eigenvalue weighted by Gasteiger charge is -2.04.